The third-order valence-electron chi connectivity index (χ3n) is 4.90. The van der Waals surface area contributed by atoms with Crippen LogP contribution in [0.15, 0.2) is 91.5 Å². The molecule has 145 valence electrons. The first-order valence-corrected chi connectivity index (χ1v) is 9.47. The Balaban J connectivity index is 1.74. The maximum atomic E-state index is 5.33. The first kappa shape index (κ1) is 18.8. The molecule has 0 bridgehead atoms. The van der Waals surface area contributed by atoms with E-state index < -0.39 is 0 Å². The number of ether oxygens (including phenoxy) is 2. The van der Waals surface area contributed by atoms with Crippen molar-refractivity contribution in [3.05, 3.63) is 120 Å². The van der Waals surface area contributed by atoms with Crippen LogP contribution in [0.25, 0.3) is 0 Å². The van der Waals surface area contributed by atoms with Crippen LogP contribution in [0.5, 0.6) is 11.5 Å². The number of benzene rings is 3. The van der Waals surface area contributed by atoms with Gasteiger partial charge in [-0.2, -0.15) is 0 Å². The monoisotopic (exact) mass is 383 g/mol. The van der Waals surface area contributed by atoms with Gasteiger partial charge in [0, 0.05) is 18.9 Å². The standard InChI is InChI=1S/C25H23N2O2/c1-28-23-10-6-20(7-11-23)25(21-8-12-24(29-2)13-9-21)22-5-3-4-19(16-22)17-27-15-14-26-18-27/h3-16,18H,17H2,1-2H3. The van der Waals surface area contributed by atoms with Gasteiger partial charge in [0.2, 0.25) is 0 Å². The highest BCUT2D eigenvalue weighted by Crippen LogP contribution is 2.33. The second-order valence-corrected chi connectivity index (χ2v) is 6.77. The van der Waals surface area contributed by atoms with E-state index in [9.17, 15) is 0 Å². The van der Waals surface area contributed by atoms with Crippen LogP contribution in [0.4, 0.5) is 0 Å². The molecular formula is C25H23N2O2. The van der Waals surface area contributed by atoms with E-state index in [1.54, 1.807) is 20.4 Å². The van der Waals surface area contributed by atoms with Crippen molar-refractivity contribution in [2.75, 3.05) is 14.2 Å². The van der Waals surface area contributed by atoms with Crippen molar-refractivity contribution in [1.29, 1.82) is 0 Å². The Morgan fingerprint density at radius 1 is 0.793 bits per heavy atom. The molecule has 1 heterocycles. The molecule has 1 radical (unpaired) electrons. The molecule has 1 aromatic heterocycles. The first-order valence-electron chi connectivity index (χ1n) is 9.47. The fourth-order valence-corrected chi connectivity index (χ4v) is 3.43. The van der Waals surface area contributed by atoms with Crippen LogP contribution < -0.4 is 9.47 Å². The predicted molar refractivity (Wildman–Crippen MR) is 114 cm³/mol. The molecule has 0 saturated carbocycles. The normalized spacial score (nSPS) is 10.9. The summed E-state index contributed by atoms with van der Waals surface area (Å²) < 4.78 is 12.7. The van der Waals surface area contributed by atoms with Crippen LogP contribution in [-0.4, -0.2) is 23.8 Å². The number of hydrogen-bond acceptors (Lipinski definition) is 3. The summed E-state index contributed by atoms with van der Waals surface area (Å²) in [5, 5.41) is 0. The Morgan fingerprint density at radius 3 is 1.93 bits per heavy atom. The summed E-state index contributed by atoms with van der Waals surface area (Å²) in [6.45, 7) is 0.784. The van der Waals surface area contributed by atoms with Crippen LogP contribution in [-0.2, 0) is 6.54 Å². The lowest BCUT2D eigenvalue weighted by molar-refractivity contribution is 0.414. The quantitative estimate of drug-likeness (QED) is 0.423. The highest BCUT2D eigenvalue weighted by molar-refractivity contribution is 5.59. The third-order valence-corrected chi connectivity index (χ3v) is 4.90. The second-order valence-electron chi connectivity index (χ2n) is 6.77. The van der Waals surface area contributed by atoms with Crippen molar-refractivity contribution in [2.45, 2.75) is 6.54 Å². The summed E-state index contributed by atoms with van der Waals surface area (Å²) in [5.74, 6) is 2.86. The van der Waals surface area contributed by atoms with E-state index >= 15 is 0 Å². The lowest BCUT2D eigenvalue weighted by Gasteiger charge is -2.19. The second kappa shape index (κ2) is 8.65. The average Bonchev–Trinajstić information content (AvgIpc) is 3.28. The molecule has 0 amide bonds. The molecule has 4 rings (SSSR count). The molecule has 0 saturated heterocycles. The van der Waals surface area contributed by atoms with Crippen LogP contribution in [0.2, 0.25) is 0 Å². The summed E-state index contributed by atoms with van der Waals surface area (Å²) in [6.07, 6.45) is 5.62. The largest absolute Gasteiger partial charge is 0.497 e. The van der Waals surface area contributed by atoms with Crippen molar-refractivity contribution in [3.8, 4) is 11.5 Å². The number of nitrogens with zero attached hydrogens (tertiary/aromatic N) is 2. The molecule has 0 unspecified atom stereocenters. The highest BCUT2D eigenvalue weighted by Gasteiger charge is 2.18. The summed E-state index contributed by atoms with van der Waals surface area (Å²) in [6, 6.07) is 25.0. The van der Waals surface area contributed by atoms with Crippen LogP contribution in [0, 0.1) is 5.92 Å². The molecule has 0 aliphatic carbocycles. The van der Waals surface area contributed by atoms with Gasteiger partial charge in [0.25, 0.3) is 0 Å². The highest BCUT2D eigenvalue weighted by atomic mass is 16.5. The van der Waals surface area contributed by atoms with Gasteiger partial charge in [-0.3, -0.25) is 0 Å². The molecule has 0 N–H and O–H groups in total. The maximum absolute atomic E-state index is 5.33. The number of imidazole rings is 1. The Hall–Kier alpha value is -3.53. The van der Waals surface area contributed by atoms with Gasteiger partial charge in [-0.1, -0.05) is 48.5 Å². The van der Waals surface area contributed by atoms with E-state index in [0.29, 0.717) is 0 Å². The minimum atomic E-state index is 0.784. The predicted octanol–water partition coefficient (Wildman–Crippen LogP) is 4.97. The van der Waals surface area contributed by atoms with Gasteiger partial charge in [0.15, 0.2) is 0 Å². The van der Waals surface area contributed by atoms with Crippen molar-refractivity contribution >= 4 is 0 Å². The molecule has 0 spiro atoms. The summed E-state index contributed by atoms with van der Waals surface area (Å²) >= 11 is 0. The minimum absolute atomic E-state index is 0.784. The smallest absolute Gasteiger partial charge is 0.118 e. The first-order chi connectivity index (χ1) is 14.3. The average molecular weight is 383 g/mol. The molecule has 4 aromatic rings. The molecule has 29 heavy (non-hydrogen) atoms. The summed E-state index contributed by atoms with van der Waals surface area (Å²) in [4.78, 5) is 4.14. The fourth-order valence-electron chi connectivity index (χ4n) is 3.43. The van der Waals surface area contributed by atoms with E-state index in [2.05, 4.69) is 58.1 Å². The number of methoxy groups -OCH3 is 2. The van der Waals surface area contributed by atoms with Gasteiger partial charge in [-0.25, -0.2) is 4.98 Å². The molecular weight excluding hydrogens is 360 g/mol. The van der Waals surface area contributed by atoms with Crippen LogP contribution in [0.3, 0.4) is 0 Å². The van der Waals surface area contributed by atoms with Gasteiger partial charge < -0.3 is 14.0 Å². The molecule has 0 aliphatic rings. The zero-order valence-electron chi connectivity index (χ0n) is 16.6. The lowest BCUT2D eigenvalue weighted by atomic mass is 9.84. The molecule has 3 aromatic carbocycles. The Morgan fingerprint density at radius 2 is 1.41 bits per heavy atom. The molecule has 4 heteroatoms. The van der Waals surface area contributed by atoms with Crippen molar-refractivity contribution in [3.63, 3.8) is 0 Å². The number of aromatic nitrogens is 2. The van der Waals surface area contributed by atoms with Gasteiger partial charge in [-0.05, 0) is 46.5 Å². The van der Waals surface area contributed by atoms with E-state index in [-0.39, 0.29) is 0 Å². The van der Waals surface area contributed by atoms with Crippen LogP contribution >= 0.6 is 0 Å². The molecule has 0 fully saturated rings. The van der Waals surface area contributed by atoms with E-state index in [1.165, 1.54) is 11.5 Å². The van der Waals surface area contributed by atoms with E-state index in [0.717, 1.165) is 34.7 Å². The van der Waals surface area contributed by atoms with Gasteiger partial charge >= 0.3 is 0 Å². The van der Waals surface area contributed by atoms with Crippen molar-refractivity contribution < 1.29 is 9.47 Å². The van der Waals surface area contributed by atoms with E-state index in [4.69, 9.17) is 9.47 Å². The lowest BCUT2D eigenvalue weighted by Crippen LogP contribution is -2.06. The summed E-state index contributed by atoms with van der Waals surface area (Å²) in [7, 11) is 3.37. The zero-order valence-corrected chi connectivity index (χ0v) is 16.6. The molecule has 0 aliphatic heterocycles. The SMILES string of the molecule is COc1ccc([C](c2ccc(OC)cc2)c2cccc(Cn3ccnc3)c2)cc1. The van der Waals surface area contributed by atoms with Crippen molar-refractivity contribution in [1.82, 2.24) is 9.55 Å². The summed E-state index contributed by atoms with van der Waals surface area (Å²) in [5.41, 5.74) is 4.66. The zero-order chi connectivity index (χ0) is 20.1. The fraction of sp³-hybridized carbons (Fsp3) is 0.120. The Labute approximate surface area is 171 Å². The van der Waals surface area contributed by atoms with Gasteiger partial charge in [0.1, 0.15) is 11.5 Å². The Kier molecular flexibility index (Phi) is 5.61. The number of hydrogen-bond donors (Lipinski definition) is 0. The minimum Gasteiger partial charge on any atom is -0.497 e. The van der Waals surface area contributed by atoms with Crippen molar-refractivity contribution in [2.24, 2.45) is 0 Å². The topological polar surface area (TPSA) is 36.3 Å². The van der Waals surface area contributed by atoms with E-state index in [1.807, 2.05) is 36.8 Å². The third kappa shape index (κ3) is 4.32. The van der Waals surface area contributed by atoms with Gasteiger partial charge in [-0.15, -0.1) is 0 Å². The van der Waals surface area contributed by atoms with Gasteiger partial charge in [0.05, 0.1) is 26.5 Å². The maximum Gasteiger partial charge on any atom is 0.118 e. The molecule has 0 atom stereocenters. The van der Waals surface area contributed by atoms with Crippen LogP contribution in [0.1, 0.15) is 22.3 Å². The number of rotatable bonds is 7. The molecule has 4 nitrogen and oxygen atoms in total. The Bertz CT molecular complexity index is 992.